The molecule has 0 aliphatic heterocycles. The van der Waals surface area contributed by atoms with Gasteiger partial charge >= 0.3 is 0 Å². The molecule has 1 N–H and O–H groups in total. The van der Waals surface area contributed by atoms with E-state index in [4.69, 9.17) is 0 Å². The van der Waals surface area contributed by atoms with Gasteiger partial charge in [0.05, 0.1) is 0 Å². The van der Waals surface area contributed by atoms with Gasteiger partial charge in [-0.15, -0.1) is 0 Å². The van der Waals surface area contributed by atoms with Gasteiger partial charge in [0.15, 0.2) is 9.84 Å². The fraction of sp³-hybridized carbons (Fsp3) is 0.667. The summed E-state index contributed by atoms with van der Waals surface area (Å²) in [4.78, 5) is 8.83. The zero-order valence-electron chi connectivity index (χ0n) is 11.0. The second-order valence-electron chi connectivity index (χ2n) is 4.78. The SMILES string of the molecule is CNc1nc(C(C)S(C)(=O)=O)nc2c1CCCC2. The van der Waals surface area contributed by atoms with Crippen molar-refractivity contribution in [2.24, 2.45) is 0 Å². The van der Waals surface area contributed by atoms with Crippen LogP contribution in [-0.2, 0) is 22.7 Å². The number of fused-ring (bicyclic) bond motifs is 1. The van der Waals surface area contributed by atoms with Gasteiger partial charge < -0.3 is 5.32 Å². The zero-order chi connectivity index (χ0) is 13.3. The summed E-state index contributed by atoms with van der Waals surface area (Å²) in [5.41, 5.74) is 2.15. The molecule has 5 nitrogen and oxygen atoms in total. The Morgan fingerprint density at radius 2 is 1.89 bits per heavy atom. The molecule has 1 unspecified atom stereocenters. The second kappa shape index (κ2) is 4.84. The van der Waals surface area contributed by atoms with Crippen molar-refractivity contribution in [3.05, 3.63) is 17.1 Å². The maximum absolute atomic E-state index is 11.6. The first kappa shape index (κ1) is 13.3. The molecule has 0 amide bonds. The average molecular weight is 269 g/mol. The van der Waals surface area contributed by atoms with Gasteiger partial charge in [0.2, 0.25) is 0 Å². The van der Waals surface area contributed by atoms with Gasteiger partial charge in [0.25, 0.3) is 0 Å². The third kappa shape index (κ3) is 2.48. The Bertz CT molecular complexity index is 537. The summed E-state index contributed by atoms with van der Waals surface area (Å²) in [7, 11) is -1.35. The van der Waals surface area contributed by atoms with Crippen LogP contribution < -0.4 is 5.32 Å². The molecule has 0 saturated carbocycles. The van der Waals surface area contributed by atoms with E-state index in [9.17, 15) is 8.42 Å². The molecule has 0 spiro atoms. The van der Waals surface area contributed by atoms with Crippen molar-refractivity contribution >= 4 is 15.7 Å². The van der Waals surface area contributed by atoms with E-state index in [1.54, 1.807) is 6.92 Å². The molecule has 1 atom stereocenters. The van der Waals surface area contributed by atoms with Crippen molar-refractivity contribution in [1.29, 1.82) is 0 Å². The normalized spacial score (nSPS) is 17.1. The minimum atomic E-state index is -3.16. The molecule has 6 heteroatoms. The zero-order valence-corrected chi connectivity index (χ0v) is 11.8. The number of aromatic nitrogens is 2. The highest BCUT2D eigenvalue weighted by Crippen LogP contribution is 2.28. The Balaban J connectivity index is 2.51. The maximum Gasteiger partial charge on any atom is 0.157 e. The van der Waals surface area contributed by atoms with E-state index in [-0.39, 0.29) is 0 Å². The molecule has 18 heavy (non-hydrogen) atoms. The highest BCUT2D eigenvalue weighted by Gasteiger charge is 2.24. The van der Waals surface area contributed by atoms with Gasteiger partial charge in [-0.05, 0) is 32.6 Å². The third-order valence-corrected chi connectivity index (χ3v) is 4.94. The molecule has 100 valence electrons. The van der Waals surface area contributed by atoms with E-state index in [2.05, 4.69) is 15.3 Å². The maximum atomic E-state index is 11.6. The van der Waals surface area contributed by atoms with E-state index >= 15 is 0 Å². The van der Waals surface area contributed by atoms with E-state index in [0.29, 0.717) is 5.82 Å². The topological polar surface area (TPSA) is 72.0 Å². The Morgan fingerprint density at radius 1 is 1.22 bits per heavy atom. The van der Waals surface area contributed by atoms with Gasteiger partial charge in [-0.1, -0.05) is 0 Å². The fourth-order valence-corrected chi connectivity index (χ4v) is 2.68. The first-order valence-electron chi connectivity index (χ1n) is 6.19. The summed E-state index contributed by atoms with van der Waals surface area (Å²) in [5, 5.41) is 2.40. The fourth-order valence-electron chi connectivity index (χ4n) is 2.19. The molecule has 1 aliphatic carbocycles. The third-order valence-electron chi connectivity index (χ3n) is 3.44. The molecule has 1 heterocycles. The van der Waals surface area contributed by atoms with Crippen LogP contribution in [0.2, 0.25) is 0 Å². The molecular weight excluding hydrogens is 250 g/mol. The lowest BCUT2D eigenvalue weighted by Crippen LogP contribution is -2.17. The number of nitrogens with zero attached hydrogens (tertiary/aromatic N) is 2. The van der Waals surface area contributed by atoms with Crippen LogP contribution >= 0.6 is 0 Å². The van der Waals surface area contributed by atoms with Crippen molar-refractivity contribution in [2.75, 3.05) is 18.6 Å². The van der Waals surface area contributed by atoms with Crippen LogP contribution in [0.4, 0.5) is 5.82 Å². The summed E-state index contributed by atoms with van der Waals surface area (Å²) in [5.74, 6) is 1.19. The summed E-state index contributed by atoms with van der Waals surface area (Å²) < 4.78 is 23.2. The van der Waals surface area contributed by atoms with Gasteiger partial charge in [-0.3, -0.25) is 0 Å². The largest absolute Gasteiger partial charge is 0.373 e. The number of anilines is 1. The second-order valence-corrected chi connectivity index (χ2v) is 7.15. The lowest BCUT2D eigenvalue weighted by molar-refractivity contribution is 0.587. The molecular formula is C12H19N3O2S. The summed E-state index contributed by atoms with van der Waals surface area (Å²) in [6, 6.07) is 0. The molecule has 0 radical (unpaired) electrons. The Kier molecular flexibility index (Phi) is 3.56. The highest BCUT2D eigenvalue weighted by atomic mass is 32.2. The van der Waals surface area contributed by atoms with Crippen LogP contribution in [0.1, 0.15) is 42.1 Å². The standard InChI is InChI=1S/C12H19N3O2S/c1-8(18(3,16)17)11-14-10-7-5-4-6-9(10)12(13-2)15-11/h8H,4-7H2,1-3H3,(H,13,14,15). The van der Waals surface area contributed by atoms with Crippen LogP contribution in [0.5, 0.6) is 0 Å². The van der Waals surface area contributed by atoms with Crippen LogP contribution in [0, 0.1) is 0 Å². The number of nitrogens with one attached hydrogen (secondary N) is 1. The molecule has 0 fully saturated rings. The Labute approximate surface area is 108 Å². The summed E-state index contributed by atoms with van der Waals surface area (Å²) in [6.45, 7) is 1.64. The molecule has 1 aromatic heterocycles. The van der Waals surface area contributed by atoms with E-state index in [1.165, 1.54) is 6.26 Å². The number of rotatable bonds is 3. The minimum absolute atomic E-state index is 0.405. The van der Waals surface area contributed by atoms with E-state index in [1.807, 2.05) is 7.05 Å². The highest BCUT2D eigenvalue weighted by molar-refractivity contribution is 7.90. The predicted molar refractivity (Wildman–Crippen MR) is 71.5 cm³/mol. The van der Waals surface area contributed by atoms with Crippen molar-refractivity contribution in [3.63, 3.8) is 0 Å². The van der Waals surface area contributed by atoms with Crippen molar-refractivity contribution in [1.82, 2.24) is 9.97 Å². The van der Waals surface area contributed by atoms with Gasteiger partial charge in [0, 0.05) is 24.6 Å². The van der Waals surface area contributed by atoms with Crippen molar-refractivity contribution < 1.29 is 8.42 Å². The Hall–Kier alpha value is -1.17. The van der Waals surface area contributed by atoms with E-state index < -0.39 is 15.1 Å². The molecule has 0 saturated heterocycles. The monoisotopic (exact) mass is 269 g/mol. The number of sulfone groups is 1. The molecule has 1 aromatic rings. The van der Waals surface area contributed by atoms with Crippen LogP contribution in [0.3, 0.4) is 0 Å². The molecule has 0 aromatic carbocycles. The predicted octanol–water partition coefficient (Wildman–Crippen LogP) is 1.50. The van der Waals surface area contributed by atoms with Crippen LogP contribution in [0.15, 0.2) is 0 Å². The molecule has 2 rings (SSSR count). The van der Waals surface area contributed by atoms with Crippen LogP contribution in [0.25, 0.3) is 0 Å². The number of hydrogen-bond acceptors (Lipinski definition) is 5. The van der Waals surface area contributed by atoms with Gasteiger partial charge in [0.1, 0.15) is 16.9 Å². The Morgan fingerprint density at radius 3 is 2.50 bits per heavy atom. The summed E-state index contributed by atoms with van der Waals surface area (Å²) in [6.07, 6.45) is 5.36. The average Bonchev–Trinajstić information content (AvgIpc) is 2.35. The molecule has 1 aliphatic rings. The first-order valence-corrected chi connectivity index (χ1v) is 8.15. The number of aryl methyl sites for hydroxylation is 1. The lowest BCUT2D eigenvalue weighted by atomic mass is 9.96. The quantitative estimate of drug-likeness (QED) is 0.900. The first-order chi connectivity index (χ1) is 8.43. The van der Waals surface area contributed by atoms with Gasteiger partial charge in [-0.2, -0.15) is 0 Å². The van der Waals surface area contributed by atoms with Crippen molar-refractivity contribution in [2.45, 2.75) is 37.9 Å². The smallest absolute Gasteiger partial charge is 0.157 e. The van der Waals surface area contributed by atoms with Crippen molar-refractivity contribution in [3.8, 4) is 0 Å². The molecule has 0 bridgehead atoms. The van der Waals surface area contributed by atoms with Gasteiger partial charge in [-0.25, -0.2) is 18.4 Å². The number of hydrogen-bond donors (Lipinski definition) is 1. The minimum Gasteiger partial charge on any atom is -0.373 e. The van der Waals surface area contributed by atoms with Crippen LogP contribution in [-0.4, -0.2) is 31.7 Å². The lowest BCUT2D eigenvalue weighted by Gasteiger charge is -2.20. The van der Waals surface area contributed by atoms with E-state index in [0.717, 1.165) is 42.8 Å². The summed E-state index contributed by atoms with van der Waals surface area (Å²) >= 11 is 0.